The Morgan fingerprint density at radius 2 is 1.81 bits per heavy atom. The number of benzene rings is 2. The molecule has 1 spiro atoms. The fraction of sp³-hybridized carbons (Fsp3) is 0.391. The Morgan fingerprint density at radius 1 is 1.16 bits per heavy atom. The van der Waals surface area contributed by atoms with Crippen LogP contribution in [0.25, 0.3) is 0 Å². The molecule has 1 N–H and O–H groups in total. The lowest BCUT2D eigenvalue weighted by Crippen LogP contribution is -2.59. The lowest BCUT2D eigenvalue weighted by Gasteiger charge is -2.44. The summed E-state index contributed by atoms with van der Waals surface area (Å²) in [5.41, 5.74) is -0.472. The number of amides is 2. The molecule has 2 fully saturated rings. The first-order valence-electron chi connectivity index (χ1n) is 10.4. The van der Waals surface area contributed by atoms with Gasteiger partial charge in [0.15, 0.2) is 0 Å². The number of alkyl halides is 3. The molecule has 5 nitrogen and oxygen atoms in total. The van der Waals surface area contributed by atoms with Crippen molar-refractivity contribution in [2.75, 3.05) is 13.1 Å². The summed E-state index contributed by atoms with van der Waals surface area (Å²) < 4.78 is 39.3. The van der Waals surface area contributed by atoms with Crippen molar-refractivity contribution in [1.82, 2.24) is 15.1 Å². The third kappa shape index (κ3) is 4.34. The Hall–Kier alpha value is -2.58. The van der Waals surface area contributed by atoms with Crippen LogP contribution in [0.15, 0.2) is 48.5 Å². The normalized spacial score (nSPS) is 20.8. The lowest BCUT2D eigenvalue weighted by molar-refractivity contribution is -0.137. The second kappa shape index (κ2) is 8.41. The van der Waals surface area contributed by atoms with Gasteiger partial charge in [-0.05, 0) is 48.9 Å². The monoisotopic (exact) mass is 465 g/mol. The molecule has 2 amide bonds. The van der Waals surface area contributed by atoms with Crippen LogP contribution >= 0.6 is 11.6 Å². The molecule has 0 aromatic heterocycles. The van der Waals surface area contributed by atoms with Gasteiger partial charge in [-0.3, -0.25) is 14.9 Å². The number of hydrogen-bond donors (Lipinski definition) is 1. The fourth-order valence-corrected chi connectivity index (χ4v) is 4.64. The summed E-state index contributed by atoms with van der Waals surface area (Å²) in [4.78, 5) is 29.1. The highest BCUT2D eigenvalue weighted by atomic mass is 35.5. The number of carbonyl (C=O) groups is 2. The van der Waals surface area contributed by atoms with Crippen LogP contribution in [0.4, 0.5) is 13.2 Å². The lowest BCUT2D eigenvalue weighted by atomic mass is 9.94. The molecule has 2 aliphatic rings. The van der Waals surface area contributed by atoms with E-state index in [0.717, 1.165) is 12.1 Å². The van der Waals surface area contributed by atoms with Crippen LogP contribution in [0, 0.1) is 0 Å². The van der Waals surface area contributed by atoms with Gasteiger partial charge in [0, 0.05) is 43.1 Å². The van der Waals surface area contributed by atoms with E-state index in [9.17, 15) is 22.8 Å². The molecular weight excluding hydrogens is 443 g/mol. The van der Waals surface area contributed by atoms with E-state index in [4.69, 9.17) is 11.6 Å². The molecule has 2 aliphatic heterocycles. The number of nitrogens with one attached hydrogen (secondary N) is 1. The molecule has 1 atom stereocenters. The smallest absolute Gasteiger partial charge is 0.338 e. The van der Waals surface area contributed by atoms with Crippen molar-refractivity contribution in [3.63, 3.8) is 0 Å². The molecular formula is C23H23ClF3N3O2. The van der Waals surface area contributed by atoms with E-state index in [0.29, 0.717) is 42.1 Å². The molecule has 0 saturated carbocycles. The molecule has 0 unspecified atom stereocenters. The largest absolute Gasteiger partial charge is 0.416 e. The number of piperidine rings is 1. The second-order valence-corrected chi connectivity index (χ2v) is 8.76. The van der Waals surface area contributed by atoms with Gasteiger partial charge in [0.2, 0.25) is 5.91 Å². The van der Waals surface area contributed by atoms with Crippen molar-refractivity contribution in [2.24, 2.45) is 0 Å². The summed E-state index contributed by atoms with van der Waals surface area (Å²) in [6, 6.07) is 11.3. The van der Waals surface area contributed by atoms with E-state index in [1.165, 1.54) is 6.07 Å². The third-order valence-electron chi connectivity index (χ3n) is 6.20. The zero-order valence-corrected chi connectivity index (χ0v) is 18.2. The number of halogens is 4. The van der Waals surface area contributed by atoms with Gasteiger partial charge in [-0.25, -0.2) is 0 Å². The van der Waals surface area contributed by atoms with Crippen LogP contribution < -0.4 is 5.32 Å². The summed E-state index contributed by atoms with van der Waals surface area (Å²) in [7, 11) is 0. The molecule has 2 aromatic rings. The van der Waals surface area contributed by atoms with E-state index in [-0.39, 0.29) is 18.4 Å². The van der Waals surface area contributed by atoms with Crippen molar-refractivity contribution < 1.29 is 22.8 Å². The average molecular weight is 466 g/mol. The predicted molar refractivity (Wildman–Crippen MR) is 114 cm³/mol. The molecule has 0 aliphatic carbocycles. The molecule has 2 saturated heterocycles. The van der Waals surface area contributed by atoms with Crippen LogP contribution in [0.1, 0.15) is 41.3 Å². The summed E-state index contributed by atoms with van der Waals surface area (Å²) in [5.74, 6) is -0.266. The number of hydrogen-bond acceptors (Lipinski definition) is 3. The molecule has 2 aromatic carbocycles. The standard InChI is InChI=1S/C23H23ClF3N3O2/c1-15-20(31)30(14-16-3-2-4-18(13-16)23(25,26)27)22(28-15)9-11-29(12-10-22)21(32)17-5-7-19(24)8-6-17/h2-8,13,15,28H,9-12,14H2,1H3/t15-/m1/s1. The van der Waals surface area contributed by atoms with Crippen LogP contribution in [0.3, 0.4) is 0 Å². The highest BCUT2D eigenvalue weighted by Crippen LogP contribution is 2.35. The highest BCUT2D eigenvalue weighted by Gasteiger charge is 2.50. The molecule has 4 rings (SSSR count). The van der Waals surface area contributed by atoms with Crippen molar-refractivity contribution in [3.05, 3.63) is 70.2 Å². The van der Waals surface area contributed by atoms with Gasteiger partial charge in [0.05, 0.1) is 17.3 Å². The zero-order chi connectivity index (χ0) is 23.1. The predicted octanol–water partition coefficient (Wildman–Crippen LogP) is 4.31. The maximum Gasteiger partial charge on any atom is 0.416 e. The Balaban J connectivity index is 1.50. The fourth-order valence-electron chi connectivity index (χ4n) is 4.51. The van der Waals surface area contributed by atoms with Gasteiger partial charge in [0.1, 0.15) is 0 Å². The minimum absolute atomic E-state index is 0.0746. The van der Waals surface area contributed by atoms with E-state index in [1.807, 2.05) is 0 Å². The SMILES string of the molecule is C[C@H]1NC2(CCN(C(=O)c3ccc(Cl)cc3)CC2)N(Cc2cccc(C(F)(F)F)c2)C1=O. The first-order valence-corrected chi connectivity index (χ1v) is 10.8. The van der Waals surface area contributed by atoms with Crippen molar-refractivity contribution in [2.45, 2.75) is 44.2 Å². The van der Waals surface area contributed by atoms with E-state index in [2.05, 4.69) is 5.32 Å². The quantitative estimate of drug-likeness (QED) is 0.735. The first kappa shape index (κ1) is 22.6. The van der Waals surface area contributed by atoms with Crippen LogP contribution in [0.2, 0.25) is 5.02 Å². The van der Waals surface area contributed by atoms with Gasteiger partial charge >= 0.3 is 6.18 Å². The van der Waals surface area contributed by atoms with Crippen LogP contribution in [0.5, 0.6) is 0 Å². The summed E-state index contributed by atoms with van der Waals surface area (Å²) in [5, 5.41) is 3.89. The van der Waals surface area contributed by atoms with Crippen molar-refractivity contribution in [3.8, 4) is 0 Å². The Bertz CT molecular complexity index is 1020. The maximum atomic E-state index is 13.1. The number of nitrogens with zero attached hydrogens (tertiary/aromatic N) is 2. The number of rotatable bonds is 3. The number of carbonyl (C=O) groups excluding carboxylic acids is 2. The Kier molecular flexibility index (Phi) is 5.94. The van der Waals surface area contributed by atoms with Gasteiger partial charge in [-0.15, -0.1) is 0 Å². The highest BCUT2D eigenvalue weighted by molar-refractivity contribution is 6.30. The summed E-state index contributed by atoms with van der Waals surface area (Å²) in [6.45, 7) is 2.67. The van der Waals surface area contributed by atoms with E-state index >= 15 is 0 Å². The summed E-state index contributed by atoms with van der Waals surface area (Å²) >= 11 is 5.90. The average Bonchev–Trinajstić information content (AvgIpc) is 2.98. The van der Waals surface area contributed by atoms with Gasteiger partial charge in [0.25, 0.3) is 5.91 Å². The molecule has 32 heavy (non-hydrogen) atoms. The zero-order valence-electron chi connectivity index (χ0n) is 17.5. The number of likely N-dealkylation sites (tertiary alicyclic amines) is 1. The molecule has 9 heteroatoms. The minimum Gasteiger partial charge on any atom is -0.338 e. The molecule has 2 heterocycles. The first-order chi connectivity index (χ1) is 15.1. The second-order valence-electron chi connectivity index (χ2n) is 8.32. The van der Waals surface area contributed by atoms with Crippen LogP contribution in [-0.4, -0.2) is 46.4 Å². The molecule has 170 valence electrons. The third-order valence-corrected chi connectivity index (χ3v) is 6.45. The minimum atomic E-state index is -4.44. The van der Waals surface area contributed by atoms with Gasteiger partial charge in [-0.1, -0.05) is 23.7 Å². The van der Waals surface area contributed by atoms with Crippen molar-refractivity contribution in [1.29, 1.82) is 0 Å². The molecule has 0 bridgehead atoms. The van der Waals surface area contributed by atoms with E-state index in [1.54, 1.807) is 47.1 Å². The van der Waals surface area contributed by atoms with Crippen LogP contribution in [-0.2, 0) is 17.5 Å². The topological polar surface area (TPSA) is 52.7 Å². The Labute approximate surface area is 189 Å². The molecule has 0 radical (unpaired) electrons. The van der Waals surface area contributed by atoms with Gasteiger partial charge < -0.3 is 9.80 Å². The summed E-state index contributed by atoms with van der Waals surface area (Å²) in [6.07, 6.45) is -3.47. The Morgan fingerprint density at radius 3 is 2.44 bits per heavy atom. The van der Waals surface area contributed by atoms with Crippen molar-refractivity contribution >= 4 is 23.4 Å². The van der Waals surface area contributed by atoms with Gasteiger partial charge in [-0.2, -0.15) is 13.2 Å². The van der Waals surface area contributed by atoms with E-state index < -0.39 is 23.4 Å². The maximum absolute atomic E-state index is 13.1.